The van der Waals surface area contributed by atoms with Crippen LogP contribution in [0, 0.1) is 0 Å². The fourth-order valence-electron chi connectivity index (χ4n) is 4.99. The molecule has 2 atom stereocenters. The molecular formula is C20H27NO2. The van der Waals surface area contributed by atoms with Crippen LogP contribution >= 0.6 is 0 Å². The van der Waals surface area contributed by atoms with Crippen LogP contribution < -0.4 is 0 Å². The molecule has 4 rings (SSSR count). The molecule has 2 aliphatic carbocycles. The van der Waals surface area contributed by atoms with Gasteiger partial charge in [-0.1, -0.05) is 56.0 Å². The SMILES string of the molecule is O=C(N1CCOC2CCCCC21)C1(c2ccccc2)CCCC1. The first-order valence-corrected chi connectivity index (χ1v) is 9.29. The topological polar surface area (TPSA) is 29.5 Å². The molecule has 0 radical (unpaired) electrons. The number of benzene rings is 1. The van der Waals surface area contributed by atoms with E-state index in [9.17, 15) is 4.79 Å². The van der Waals surface area contributed by atoms with Crippen molar-refractivity contribution in [1.82, 2.24) is 4.90 Å². The lowest BCUT2D eigenvalue weighted by atomic mass is 9.76. The van der Waals surface area contributed by atoms with Crippen LogP contribution in [-0.4, -0.2) is 36.1 Å². The van der Waals surface area contributed by atoms with Gasteiger partial charge in [0.25, 0.3) is 0 Å². The number of ether oxygens (including phenoxy) is 1. The largest absolute Gasteiger partial charge is 0.374 e. The molecule has 1 aromatic carbocycles. The van der Waals surface area contributed by atoms with Crippen LogP contribution in [0.2, 0.25) is 0 Å². The first-order chi connectivity index (χ1) is 11.3. The van der Waals surface area contributed by atoms with Gasteiger partial charge < -0.3 is 9.64 Å². The summed E-state index contributed by atoms with van der Waals surface area (Å²) in [7, 11) is 0. The number of rotatable bonds is 2. The van der Waals surface area contributed by atoms with Gasteiger partial charge in [-0.15, -0.1) is 0 Å². The van der Waals surface area contributed by atoms with Gasteiger partial charge >= 0.3 is 0 Å². The van der Waals surface area contributed by atoms with Crippen LogP contribution in [0.3, 0.4) is 0 Å². The van der Waals surface area contributed by atoms with E-state index in [1.54, 1.807) is 0 Å². The van der Waals surface area contributed by atoms with Crippen LogP contribution in [0.4, 0.5) is 0 Å². The van der Waals surface area contributed by atoms with Crippen molar-refractivity contribution in [2.24, 2.45) is 0 Å². The molecule has 23 heavy (non-hydrogen) atoms. The second kappa shape index (κ2) is 6.27. The standard InChI is InChI=1S/C20H27NO2/c22-19(21-14-15-23-18-11-5-4-10-17(18)21)20(12-6-7-13-20)16-8-2-1-3-9-16/h1-3,8-9,17-18H,4-7,10-15H2. The average Bonchev–Trinajstić information content (AvgIpc) is 3.12. The van der Waals surface area contributed by atoms with Gasteiger partial charge in [-0.05, 0) is 31.2 Å². The molecule has 1 amide bonds. The summed E-state index contributed by atoms with van der Waals surface area (Å²) in [6.45, 7) is 1.48. The minimum atomic E-state index is -0.277. The zero-order valence-corrected chi connectivity index (χ0v) is 13.9. The molecule has 1 aliphatic heterocycles. The Hall–Kier alpha value is -1.35. The summed E-state index contributed by atoms with van der Waals surface area (Å²) in [5.41, 5.74) is 0.946. The molecule has 2 unspecified atom stereocenters. The fourth-order valence-corrected chi connectivity index (χ4v) is 4.99. The van der Waals surface area contributed by atoms with E-state index in [0.29, 0.717) is 18.6 Å². The summed E-state index contributed by atoms with van der Waals surface area (Å²) in [6, 6.07) is 10.8. The molecule has 124 valence electrons. The quantitative estimate of drug-likeness (QED) is 0.834. The Labute approximate surface area is 139 Å². The Morgan fingerprint density at radius 3 is 2.57 bits per heavy atom. The Balaban J connectivity index is 1.65. The highest BCUT2D eigenvalue weighted by Gasteiger charge is 2.48. The number of hydrogen-bond donors (Lipinski definition) is 0. The maximum atomic E-state index is 13.6. The third-order valence-electron chi connectivity index (χ3n) is 6.19. The predicted molar refractivity (Wildman–Crippen MR) is 90.3 cm³/mol. The number of hydrogen-bond acceptors (Lipinski definition) is 2. The smallest absolute Gasteiger partial charge is 0.233 e. The van der Waals surface area contributed by atoms with Gasteiger partial charge in [-0.3, -0.25) is 4.79 Å². The molecule has 1 heterocycles. The maximum absolute atomic E-state index is 13.6. The van der Waals surface area contributed by atoms with Crippen LogP contribution in [0.1, 0.15) is 56.9 Å². The lowest BCUT2D eigenvalue weighted by Crippen LogP contribution is -2.59. The molecule has 3 aliphatic rings. The second-order valence-electron chi connectivity index (χ2n) is 7.41. The van der Waals surface area contributed by atoms with Crippen molar-refractivity contribution in [2.45, 2.75) is 68.9 Å². The summed E-state index contributed by atoms with van der Waals surface area (Å²) < 4.78 is 5.97. The number of carbonyl (C=O) groups is 1. The highest BCUT2D eigenvalue weighted by atomic mass is 16.5. The predicted octanol–water partition coefficient (Wildman–Crippen LogP) is 3.67. The van der Waals surface area contributed by atoms with Crippen molar-refractivity contribution in [3.63, 3.8) is 0 Å². The van der Waals surface area contributed by atoms with Gasteiger partial charge in [0.2, 0.25) is 5.91 Å². The van der Waals surface area contributed by atoms with Gasteiger partial charge in [0.1, 0.15) is 0 Å². The molecule has 2 saturated carbocycles. The van der Waals surface area contributed by atoms with Gasteiger partial charge in [-0.25, -0.2) is 0 Å². The summed E-state index contributed by atoms with van der Waals surface area (Å²) >= 11 is 0. The summed E-state index contributed by atoms with van der Waals surface area (Å²) in [5, 5.41) is 0. The second-order valence-corrected chi connectivity index (χ2v) is 7.41. The summed E-state index contributed by atoms with van der Waals surface area (Å²) in [5.74, 6) is 0.376. The van der Waals surface area contributed by atoms with Crippen LogP contribution in [0.15, 0.2) is 30.3 Å². The lowest BCUT2D eigenvalue weighted by molar-refractivity contribution is -0.155. The monoisotopic (exact) mass is 313 g/mol. The molecule has 0 bridgehead atoms. The zero-order chi connectivity index (χ0) is 15.7. The van der Waals surface area contributed by atoms with Crippen molar-refractivity contribution >= 4 is 5.91 Å². The third kappa shape index (κ3) is 2.59. The Morgan fingerprint density at radius 2 is 1.78 bits per heavy atom. The Bertz CT molecular complexity index is 548. The van der Waals surface area contributed by atoms with Crippen LogP contribution in [0.5, 0.6) is 0 Å². The number of carbonyl (C=O) groups excluding carboxylic acids is 1. The van der Waals surface area contributed by atoms with E-state index in [-0.39, 0.29) is 11.5 Å². The number of amides is 1. The minimum Gasteiger partial charge on any atom is -0.374 e. The molecule has 1 saturated heterocycles. The maximum Gasteiger partial charge on any atom is 0.233 e. The van der Waals surface area contributed by atoms with E-state index in [2.05, 4.69) is 29.2 Å². The van der Waals surface area contributed by atoms with E-state index in [1.807, 2.05) is 6.07 Å². The van der Waals surface area contributed by atoms with Gasteiger partial charge in [-0.2, -0.15) is 0 Å². The van der Waals surface area contributed by atoms with Gasteiger partial charge in [0, 0.05) is 6.54 Å². The van der Waals surface area contributed by atoms with Gasteiger partial charge in [0.05, 0.1) is 24.2 Å². The van der Waals surface area contributed by atoms with Crippen molar-refractivity contribution in [3.05, 3.63) is 35.9 Å². The first-order valence-electron chi connectivity index (χ1n) is 9.29. The highest BCUT2D eigenvalue weighted by Crippen LogP contribution is 2.44. The van der Waals surface area contributed by atoms with E-state index in [0.717, 1.165) is 32.2 Å². The normalized spacial score (nSPS) is 30.0. The molecule has 3 fully saturated rings. The van der Waals surface area contributed by atoms with E-state index in [1.165, 1.54) is 31.2 Å². The number of fused-ring (bicyclic) bond motifs is 1. The molecular weight excluding hydrogens is 286 g/mol. The van der Waals surface area contributed by atoms with Crippen molar-refractivity contribution in [2.75, 3.05) is 13.2 Å². The fraction of sp³-hybridized carbons (Fsp3) is 0.650. The van der Waals surface area contributed by atoms with E-state index >= 15 is 0 Å². The Kier molecular flexibility index (Phi) is 4.14. The summed E-state index contributed by atoms with van der Waals surface area (Å²) in [6.07, 6.45) is 9.32. The molecule has 3 heteroatoms. The van der Waals surface area contributed by atoms with Gasteiger partial charge in [0.15, 0.2) is 0 Å². The lowest BCUT2D eigenvalue weighted by Gasteiger charge is -2.47. The average molecular weight is 313 g/mol. The molecule has 0 N–H and O–H groups in total. The van der Waals surface area contributed by atoms with Crippen LogP contribution in [0.25, 0.3) is 0 Å². The highest BCUT2D eigenvalue weighted by molar-refractivity contribution is 5.89. The Morgan fingerprint density at radius 1 is 1.04 bits per heavy atom. The molecule has 3 nitrogen and oxygen atoms in total. The van der Waals surface area contributed by atoms with E-state index in [4.69, 9.17) is 4.74 Å². The van der Waals surface area contributed by atoms with Crippen molar-refractivity contribution in [3.8, 4) is 0 Å². The molecule has 1 aromatic rings. The van der Waals surface area contributed by atoms with Crippen molar-refractivity contribution in [1.29, 1.82) is 0 Å². The zero-order valence-electron chi connectivity index (χ0n) is 13.9. The first kappa shape index (κ1) is 15.2. The van der Waals surface area contributed by atoms with Crippen LogP contribution in [-0.2, 0) is 14.9 Å². The molecule has 0 spiro atoms. The van der Waals surface area contributed by atoms with E-state index < -0.39 is 0 Å². The third-order valence-corrected chi connectivity index (χ3v) is 6.19. The summed E-state index contributed by atoms with van der Waals surface area (Å²) in [4.78, 5) is 15.8. The number of nitrogens with zero attached hydrogens (tertiary/aromatic N) is 1. The van der Waals surface area contributed by atoms with Crippen molar-refractivity contribution < 1.29 is 9.53 Å². The number of morpholine rings is 1. The minimum absolute atomic E-state index is 0.274. The molecule has 0 aromatic heterocycles.